The van der Waals surface area contributed by atoms with Gasteiger partial charge >= 0.3 is 0 Å². The first-order valence-corrected chi connectivity index (χ1v) is 6.15. The molecule has 0 aliphatic heterocycles. The molecule has 0 atom stereocenters. The van der Waals surface area contributed by atoms with Gasteiger partial charge in [0, 0.05) is 12.6 Å². The van der Waals surface area contributed by atoms with E-state index in [4.69, 9.17) is 4.74 Å². The molecule has 0 spiro atoms. The quantitative estimate of drug-likeness (QED) is 0.866. The Morgan fingerprint density at radius 2 is 1.88 bits per heavy atom. The Balaban J connectivity index is 1.84. The van der Waals surface area contributed by atoms with E-state index < -0.39 is 0 Å². The first kappa shape index (κ1) is 10.6. The van der Waals surface area contributed by atoms with Crippen molar-refractivity contribution in [1.29, 1.82) is 0 Å². The lowest BCUT2D eigenvalue weighted by molar-refractivity contribution is 0.415. The Labute approximate surface area is 102 Å². The van der Waals surface area contributed by atoms with Gasteiger partial charge in [0.15, 0.2) is 0 Å². The maximum Gasteiger partial charge on any atom is 0.119 e. The summed E-state index contributed by atoms with van der Waals surface area (Å²) in [4.78, 5) is 0. The van der Waals surface area contributed by atoms with Gasteiger partial charge in [0.25, 0.3) is 0 Å². The fraction of sp³-hybridized carbons (Fsp3) is 0.333. The summed E-state index contributed by atoms with van der Waals surface area (Å²) in [6.45, 7) is 0.979. The van der Waals surface area contributed by atoms with Crippen molar-refractivity contribution in [1.82, 2.24) is 5.32 Å². The maximum atomic E-state index is 5.23. The van der Waals surface area contributed by atoms with E-state index in [0.717, 1.165) is 18.3 Å². The largest absolute Gasteiger partial charge is 0.497 e. The summed E-state index contributed by atoms with van der Waals surface area (Å²) in [6.07, 6.45) is 2.68. The van der Waals surface area contributed by atoms with Crippen molar-refractivity contribution in [2.45, 2.75) is 25.4 Å². The minimum atomic E-state index is 0.765. The second-order valence-electron chi connectivity index (χ2n) is 4.70. The molecule has 1 N–H and O–H groups in total. The molecule has 0 bridgehead atoms. The van der Waals surface area contributed by atoms with Crippen LogP contribution in [0.3, 0.4) is 0 Å². The number of nitrogens with one attached hydrogen (secondary N) is 1. The summed E-state index contributed by atoms with van der Waals surface area (Å²) in [7, 11) is 1.70. The second-order valence-corrected chi connectivity index (χ2v) is 4.70. The molecular weight excluding hydrogens is 210 g/mol. The maximum absolute atomic E-state index is 5.23. The van der Waals surface area contributed by atoms with E-state index in [1.165, 1.54) is 29.2 Å². The highest BCUT2D eigenvalue weighted by Crippen LogP contribution is 2.23. The number of benzene rings is 2. The molecule has 0 heterocycles. The molecule has 0 unspecified atom stereocenters. The van der Waals surface area contributed by atoms with E-state index >= 15 is 0 Å². The van der Waals surface area contributed by atoms with Gasteiger partial charge in [-0.2, -0.15) is 0 Å². The Morgan fingerprint density at radius 1 is 1.12 bits per heavy atom. The Kier molecular flexibility index (Phi) is 2.73. The van der Waals surface area contributed by atoms with Gasteiger partial charge in [-0.3, -0.25) is 0 Å². The number of hydrogen-bond acceptors (Lipinski definition) is 2. The zero-order valence-electron chi connectivity index (χ0n) is 10.1. The molecule has 88 valence electrons. The molecule has 0 amide bonds. The van der Waals surface area contributed by atoms with Crippen molar-refractivity contribution >= 4 is 10.8 Å². The van der Waals surface area contributed by atoms with Crippen LogP contribution in [0.15, 0.2) is 36.4 Å². The van der Waals surface area contributed by atoms with Crippen LogP contribution in [0.4, 0.5) is 0 Å². The van der Waals surface area contributed by atoms with Crippen LogP contribution in [0.25, 0.3) is 10.8 Å². The molecule has 0 saturated heterocycles. The zero-order valence-corrected chi connectivity index (χ0v) is 10.1. The van der Waals surface area contributed by atoms with Crippen LogP contribution in [0.5, 0.6) is 5.75 Å². The minimum Gasteiger partial charge on any atom is -0.497 e. The number of rotatable bonds is 4. The summed E-state index contributed by atoms with van der Waals surface area (Å²) in [5.41, 5.74) is 1.36. The Bertz CT molecular complexity index is 531. The standard InChI is InChI=1S/C15H17NO/c1-17-15-7-4-12-8-11(2-3-13(12)9-15)10-16-14-5-6-14/h2-4,7-9,14,16H,5-6,10H2,1H3. The van der Waals surface area contributed by atoms with Crippen LogP contribution >= 0.6 is 0 Å². The zero-order chi connectivity index (χ0) is 11.7. The number of fused-ring (bicyclic) bond motifs is 1. The van der Waals surface area contributed by atoms with Gasteiger partial charge in [-0.1, -0.05) is 18.2 Å². The third-order valence-corrected chi connectivity index (χ3v) is 3.28. The summed E-state index contributed by atoms with van der Waals surface area (Å²) < 4.78 is 5.23. The fourth-order valence-electron chi connectivity index (χ4n) is 2.06. The predicted octanol–water partition coefficient (Wildman–Crippen LogP) is 3.10. The van der Waals surface area contributed by atoms with Gasteiger partial charge in [0.1, 0.15) is 5.75 Å². The molecular formula is C15H17NO. The number of methoxy groups -OCH3 is 1. The Morgan fingerprint density at radius 3 is 2.65 bits per heavy atom. The summed E-state index contributed by atoms with van der Waals surface area (Å²) in [6, 6.07) is 13.6. The van der Waals surface area contributed by atoms with Crippen LogP contribution in [0, 0.1) is 0 Å². The molecule has 1 saturated carbocycles. The van der Waals surface area contributed by atoms with Gasteiger partial charge in [-0.05, 0) is 47.4 Å². The van der Waals surface area contributed by atoms with Crippen molar-refractivity contribution in [2.75, 3.05) is 7.11 Å². The van der Waals surface area contributed by atoms with Crippen LogP contribution in [-0.2, 0) is 6.54 Å². The molecule has 3 rings (SSSR count). The third-order valence-electron chi connectivity index (χ3n) is 3.28. The molecule has 2 heteroatoms. The normalized spacial score (nSPS) is 15.1. The van der Waals surface area contributed by atoms with E-state index in [9.17, 15) is 0 Å². The van der Waals surface area contributed by atoms with Crippen LogP contribution in [-0.4, -0.2) is 13.2 Å². The van der Waals surface area contributed by atoms with Crippen LogP contribution in [0.1, 0.15) is 18.4 Å². The average Bonchev–Trinajstić information content (AvgIpc) is 3.19. The number of ether oxygens (including phenoxy) is 1. The predicted molar refractivity (Wildman–Crippen MR) is 70.4 cm³/mol. The average molecular weight is 227 g/mol. The molecule has 2 aromatic carbocycles. The van der Waals surface area contributed by atoms with Crippen molar-refractivity contribution in [3.63, 3.8) is 0 Å². The smallest absolute Gasteiger partial charge is 0.119 e. The van der Waals surface area contributed by atoms with Gasteiger partial charge in [-0.25, -0.2) is 0 Å². The van der Waals surface area contributed by atoms with Crippen molar-refractivity contribution < 1.29 is 4.74 Å². The highest BCUT2D eigenvalue weighted by Gasteiger charge is 2.19. The third kappa shape index (κ3) is 2.42. The molecule has 0 radical (unpaired) electrons. The van der Waals surface area contributed by atoms with Gasteiger partial charge in [0.2, 0.25) is 0 Å². The number of hydrogen-bond donors (Lipinski definition) is 1. The summed E-state index contributed by atoms with van der Waals surface area (Å²) >= 11 is 0. The lowest BCUT2D eigenvalue weighted by Gasteiger charge is -2.06. The molecule has 1 fully saturated rings. The van der Waals surface area contributed by atoms with Crippen molar-refractivity contribution in [2.24, 2.45) is 0 Å². The monoisotopic (exact) mass is 227 g/mol. The highest BCUT2D eigenvalue weighted by atomic mass is 16.5. The van der Waals surface area contributed by atoms with E-state index in [1.807, 2.05) is 6.07 Å². The highest BCUT2D eigenvalue weighted by molar-refractivity contribution is 5.84. The molecule has 2 aromatic rings. The van der Waals surface area contributed by atoms with Crippen LogP contribution in [0.2, 0.25) is 0 Å². The van der Waals surface area contributed by atoms with Crippen molar-refractivity contribution in [3.05, 3.63) is 42.0 Å². The SMILES string of the molecule is COc1ccc2cc(CNC3CC3)ccc2c1. The van der Waals surface area contributed by atoms with Gasteiger partial charge < -0.3 is 10.1 Å². The van der Waals surface area contributed by atoms with E-state index in [0.29, 0.717) is 0 Å². The van der Waals surface area contributed by atoms with Gasteiger partial charge in [0.05, 0.1) is 7.11 Å². The first-order valence-electron chi connectivity index (χ1n) is 6.15. The molecule has 2 nitrogen and oxygen atoms in total. The Hall–Kier alpha value is -1.54. The molecule has 1 aliphatic carbocycles. The topological polar surface area (TPSA) is 21.3 Å². The lowest BCUT2D eigenvalue weighted by atomic mass is 10.1. The van der Waals surface area contributed by atoms with E-state index in [1.54, 1.807) is 7.11 Å². The fourth-order valence-corrected chi connectivity index (χ4v) is 2.06. The lowest BCUT2D eigenvalue weighted by Crippen LogP contribution is -2.15. The summed E-state index contributed by atoms with van der Waals surface area (Å²) in [5.74, 6) is 0.918. The molecule has 1 aliphatic rings. The van der Waals surface area contributed by atoms with Crippen molar-refractivity contribution in [3.8, 4) is 5.75 Å². The molecule has 0 aromatic heterocycles. The van der Waals surface area contributed by atoms with E-state index in [2.05, 4.69) is 35.6 Å². The van der Waals surface area contributed by atoms with E-state index in [-0.39, 0.29) is 0 Å². The molecule has 17 heavy (non-hydrogen) atoms. The van der Waals surface area contributed by atoms with Crippen LogP contribution < -0.4 is 10.1 Å². The van der Waals surface area contributed by atoms with Gasteiger partial charge in [-0.15, -0.1) is 0 Å². The minimum absolute atomic E-state index is 0.765. The second kappa shape index (κ2) is 4.38. The summed E-state index contributed by atoms with van der Waals surface area (Å²) in [5, 5.41) is 6.05. The first-order chi connectivity index (χ1) is 8.35.